The maximum absolute atomic E-state index is 8.96. The third-order valence-electron chi connectivity index (χ3n) is 3.03. The summed E-state index contributed by atoms with van der Waals surface area (Å²) in [5.74, 6) is 0.189. The Morgan fingerprint density at radius 1 is 1.36 bits per heavy atom. The van der Waals surface area contributed by atoms with Crippen molar-refractivity contribution in [3.63, 3.8) is 0 Å². The van der Waals surface area contributed by atoms with Gasteiger partial charge in [0, 0.05) is 19.0 Å². The van der Waals surface area contributed by atoms with Gasteiger partial charge in [0.25, 0.3) is 0 Å². The van der Waals surface area contributed by atoms with Crippen molar-refractivity contribution in [3.05, 3.63) is 0 Å². The zero-order valence-electron chi connectivity index (χ0n) is 8.74. The molecule has 2 unspecified atom stereocenters. The lowest BCUT2D eigenvalue weighted by Crippen LogP contribution is -2.37. The maximum Gasteiger partial charge on any atom is 0.0672 e. The van der Waals surface area contributed by atoms with E-state index in [4.69, 9.17) is 10.5 Å². The Kier molecular flexibility index (Phi) is 4.43. The molecule has 0 aromatic rings. The first-order valence-corrected chi connectivity index (χ1v) is 5.34. The molecule has 3 heteroatoms. The van der Waals surface area contributed by atoms with Crippen molar-refractivity contribution < 1.29 is 0 Å². The van der Waals surface area contributed by atoms with Gasteiger partial charge in [-0.25, -0.2) is 0 Å². The Morgan fingerprint density at radius 2 is 2.14 bits per heavy atom. The molecule has 0 aliphatic heterocycles. The normalized spacial score (nSPS) is 26.0. The largest absolute Gasteiger partial charge is 0.298 e. The predicted molar refractivity (Wildman–Crippen MR) is 54.2 cm³/mol. The molecular formula is C11H17N3. The maximum atomic E-state index is 8.96. The van der Waals surface area contributed by atoms with Crippen LogP contribution >= 0.6 is 0 Å². The van der Waals surface area contributed by atoms with E-state index in [9.17, 15) is 0 Å². The Hall–Kier alpha value is -1.06. The molecule has 1 fully saturated rings. The van der Waals surface area contributed by atoms with Crippen molar-refractivity contribution in [1.82, 2.24) is 4.90 Å². The SMILES string of the molecule is CCN(CCC#N)C1CCCC1C#N. The molecule has 1 aliphatic carbocycles. The number of nitrogens with zero attached hydrogens (tertiary/aromatic N) is 3. The summed E-state index contributed by atoms with van der Waals surface area (Å²) in [4.78, 5) is 2.28. The second kappa shape index (κ2) is 5.62. The Labute approximate surface area is 85.9 Å². The van der Waals surface area contributed by atoms with Crippen LogP contribution in [0, 0.1) is 28.6 Å². The minimum atomic E-state index is 0.189. The van der Waals surface area contributed by atoms with E-state index >= 15 is 0 Å². The van der Waals surface area contributed by atoms with Gasteiger partial charge in [-0.15, -0.1) is 0 Å². The van der Waals surface area contributed by atoms with E-state index in [1.807, 2.05) is 0 Å². The number of rotatable bonds is 4. The molecule has 14 heavy (non-hydrogen) atoms. The molecule has 0 radical (unpaired) electrons. The predicted octanol–water partition coefficient (Wildman–Crippen LogP) is 1.91. The molecule has 0 amide bonds. The Morgan fingerprint density at radius 3 is 2.71 bits per heavy atom. The molecule has 1 saturated carbocycles. The van der Waals surface area contributed by atoms with Crippen molar-refractivity contribution >= 4 is 0 Å². The molecule has 0 spiro atoms. The van der Waals surface area contributed by atoms with E-state index in [0.29, 0.717) is 12.5 Å². The summed E-state index contributed by atoms with van der Waals surface area (Å²) in [7, 11) is 0. The molecule has 0 saturated heterocycles. The van der Waals surface area contributed by atoms with Gasteiger partial charge >= 0.3 is 0 Å². The van der Waals surface area contributed by atoms with Crippen LogP contribution in [0.4, 0.5) is 0 Å². The van der Waals surface area contributed by atoms with Crippen LogP contribution in [0.15, 0.2) is 0 Å². The summed E-state index contributed by atoms with van der Waals surface area (Å²) in [6.07, 6.45) is 3.89. The standard InChI is InChI=1S/C11H17N3/c1-2-14(8-4-7-12)11-6-3-5-10(11)9-13/h10-11H,2-6,8H2,1H3. The van der Waals surface area contributed by atoms with E-state index in [0.717, 1.165) is 32.4 Å². The van der Waals surface area contributed by atoms with Crippen LogP contribution in [0.1, 0.15) is 32.6 Å². The smallest absolute Gasteiger partial charge is 0.0672 e. The highest BCUT2D eigenvalue weighted by molar-refractivity contribution is 4.97. The van der Waals surface area contributed by atoms with Crippen molar-refractivity contribution in [3.8, 4) is 12.1 Å². The average molecular weight is 191 g/mol. The van der Waals surface area contributed by atoms with Crippen LogP contribution in [0.3, 0.4) is 0 Å². The summed E-state index contributed by atoms with van der Waals surface area (Å²) >= 11 is 0. The first-order valence-electron chi connectivity index (χ1n) is 5.34. The zero-order chi connectivity index (χ0) is 10.4. The summed E-state index contributed by atoms with van der Waals surface area (Å²) in [5, 5.41) is 17.5. The average Bonchev–Trinajstić information content (AvgIpc) is 2.67. The lowest BCUT2D eigenvalue weighted by molar-refractivity contribution is 0.191. The molecule has 0 N–H and O–H groups in total. The quantitative estimate of drug-likeness (QED) is 0.682. The monoisotopic (exact) mass is 191 g/mol. The van der Waals surface area contributed by atoms with Crippen molar-refractivity contribution in [2.75, 3.05) is 13.1 Å². The van der Waals surface area contributed by atoms with Crippen molar-refractivity contribution in [2.24, 2.45) is 5.92 Å². The highest BCUT2D eigenvalue weighted by Crippen LogP contribution is 2.29. The number of hydrogen-bond acceptors (Lipinski definition) is 3. The van der Waals surface area contributed by atoms with Gasteiger partial charge in [-0.3, -0.25) is 4.90 Å². The summed E-state index contributed by atoms with van der Waals surface area (Å²) in [5.41, 5.74) is 0. The molecule has 3 nitrogen and oxygen atoms in total. The third kappa shape index (κ3) is 2.47. The second-order valence-electron chi connectivity index (χ2n) is 3.77. The fourth-order valence-electron chi connectivity index (χ4n) is 2.28. The first-order chi connectivity index (χ1) is 6.83. The minimum absolute atomic E-state index is 0.189. The van der Waals surface area contributed by atoms with Crippen LogP contribution in [-0.4, -0.2) is 24.0 Å². The van der Waals surface area contributed by atoms with Crippen LogP contribution in [-0.2, 0) is 0 Å². The number of hydrogen-bond donors (Lipinski definition) is 0. The van der Waals surface area contributed by atoms with E-state index in [-0.39, 0.29) is 5.92 Å². The van der Waals surface area contributed by atoms with Gasteiger partial charge in [0.2, 0.25) is 0 Å². The van der Waals surface area contributed by atoms with Crippen LogP contribution in [0.5, 0.6) is 0 Å². The molecule has 0 bridgehead atoms. The van der Waals surface area contributed by atoms with E-state index in [1.165, 1.54) is 0 Å². The van der Waals surface area contributed by atoms with Gasteiger partial charge in [0.15, 0.2) is 0 Å². The molecule has 76 valence electrons. The van der Waals surface area contributed by atoms with Crippen LogP contribution < -0.4 is 0 Å². The lowest BCUT2D eigenvalue weighted by Gasteiger charge is -2.28. The third-order valence-corrected chi connectivity index (χ3v) is 3.03. The van der Waals surface area contributed by atoms with Gasteiger partial charge in [0.05, 0.1) is 18.1 Å². The molecular weight excluding hydrogens is 174 g/mol. The zero-order valence-corrected chi connectivity index (χ0v) is 8.74. The molecule has 0 aromatic carbocycles. The van der Waals surface area contributed by atoms with Crippen LogP contribution in [0.25, 0.3) is 0 Å². The molecule has 2 atom stereocenters. The van der Waals surface area contributed by atoms with E-state index in [2.05, 4.69) is 24.0 Å². The summed E-state index contributed by atoms with van der Waals surface area (Å²) in [6.45, 7) is 3.87. The van der Waals surface area contributed by atoms with Crippen LogP contribution in [0.2, 0.25) is 0 Å². The first kappa shape index (κ1) is 11.0. The van der Waals surface area contributed by atoms with Crippen molar-refractivity contribution in [1.29, 1.82) is 10.5 Å². The minimum Gasteiger partial charge on any atom is -0.298 e. The topological polar surface area (TPSA) is 50.8 Å². The highest BCUT2D eigenvalue weighted by atomic mass is 15.2. The van der Waals surface area contributed by atoms with Crippen molar-refractivity contribution in [2.45, 2.75) is 38.6 Å². The van der Waals surface area contributed by atoms with Gasteiger partial charge in [-0.05, 0) is 19.4 Å². The Bertz CT molecular complexity index is 248. The molecule has 1 aliphatic rings. The molecule has 1 rings (SSSR count). The summed E-state index contributed by atoms with van der Waals surface area (Å²) in [6, 6.07) is 4.95. The van der Waals surface area contributed by atoms with Gasteiger partial charge < -0.3 is 0 Å². The fraction of sp³-hybridized carbons (Fsp3) is 0.818. The van der Waals surface area contributed by atoms with E-state index < -0.39 is 0 Å². The summed E-state index contributed by atoms with van der Waals surface area (Å²) < 4.78 is 0. The van der Waals surface area contributed by atoms with Gasteiger partial charge in [0.1, 0.15) is 0 Å². The molecule has 0 heterocycles. The fourth-order valence-corrected chi connectivity index (χ4v) is 2.28. The Balaban J connectivity index is 2.51. The van der Waals surface area contributed by atoms with Gasteiger partial charge in [-0.2, -0.15) is 10.5 Å². The van der Waals surface area contributed by atoms with E-state index in [1.54, 1.807) is 0 Å². The number of nitriles is 2. The lowest BCUT2D eigenvalue weighted by atomic mass is 10.0. The second-order valence-corrected chi connectivity index (χ2v) is 3.77. The highest BCUT2D eigenvalue weighted by Gasteiger charge is 2.30. The van der Waals surface area contributed by atoms with Gasteiger partial charge in [-0.1, -0.05) is 13.3 Å². The molecule has 0 aromatic heterocycles.